The number of aryl methyl sites for hydroxylation is 1. The van der Waals surface area contributed by atoms with Crippen molar-refractivity contribution in [3.63, 3.8) is 0 Å². The molecule has 4 rings (SSSR count). The lowest BCUT2D eigenvalue weighted by atomic mass is 10.0. The SMILES string of the molecule is CC(C)n1nc(-c2ccc(N)nc2)c2c1-c1sc(NC(=O)N(C)C)nc1CCC2. The van der Waals surface area contributed by atoms with Crippen molar-refractivity contribution in [1.29, 1.82) is 0 Å². The third-order valence-electron chi connectivity index (χ3n) is 4.93. The highest BCUT2D eigenvalue weighted by Crippen LogP contribution is 2.43. The highest BCUT2D eigenvalue weighted by Gasteiger charge is 2.28. The number of nitrogens with one attached hydrogen (secondary N) is 1. The molecular formula is C20H25N7OS. The number of fused-ring (bicyclic) bond motifs is 3. The summed E-state index contributed by atoms with van der Waals surface area (Å²) >= 11 is 1.51. The molecule has 3 aromatic heterocycles. The van der Waals surface area contributed by atoms with E-state index in [0.717, 1.165) is 46.8 Å². The molecule has 0 bridgehead atoms. The van der Waals surface area contributed by atoms with Gasteiger partial charge in [-0.15, -0.1) is 0 Å². The van der Waals surface area contributed by atoms with Crippen LogP contribution in [0.15, 0.2) is 18.3 Å². The maximum absolute atomic E-state index is 12.1. The van der Waals surface area contributed by atoms with Gasteiger partial charge in [0.25, 0.3) is 0 Å². The van der Waals surface area contributed by atoms with Gasteiger partial charge in [0.1, 0.15) is 5.82 Å². The molecule has 0 unspecified atom stereocenters. The van der Waals surface area contributed by atoms with Gasteiger partial charge in [-0.05, 0) is 45.2 Å². The van der Waals surface area contributed by atoms with E-state index in [4.69, 9.17) is 15.8 Å². The second-order valence-electron chi connectivity index (χ2n) is 7.66. The van der Waals surface area contributed by atoms with Crippen molar-refractivity contribution in [2.75, 3.05) is 25.1 Å². The number of hydrogen-bond acceptors (Lipinski definition) is 6. The van der Waals surface area contributed by atoms with Crippen molar-refractivity contribution in [3.05, 3.63) is 29.6 Å². The van der Waals surface area contributed by atoms with Gasteiger partial charge in [-0.3, -0.25) is 10.00 Å². The number of rotatable bonds is 3. The molecule has 8 nitrogen and oxygen atoms in total. The Labute approximate surface area is 173 Å². The molecule has 0 aliphatic heterocycles. The minimum Gasteiger partial charge on any atom is -0.384 e. The first-order valence-electron chi connectivity index (χ1n) is 9.66. The van der Waals surface area contributed by atoms with Crippen LogP contribution in [0.2, 0.25) is 0 Å². The van der Waals surface area contributed by atoms with Gasteiger partial charge >= 0.3 is 6.03 Å². The lowest BCUT2D eigenvalue weighted by Gasteiger charge is -2.11. The van der Waals surface area contributed by atoms with E-state index < -0.39 is 0 Å². The number of urea groups is 1. The van der Waals surface area contributed by atoms with Crippen LogP contribution in [-0.2, 0) is 12.8 Å². The van der Waals surface area contributed by atoms with Crippen LogP contribution in [0.3, 0.4) is 0 Å². The molecule has 0 fully saturated rings. The van der Waals surface area contributed by atoms with Crippen molar-refractivity contribution in [1.82, 2.24) is 24.6 Å². The van der Waals surface area contributed by atoms with Crippen molar-refractivity contribution in [2.45, 2.75) is 39.2 Å². The second-order valence-corrected chi connectivity index (χ2v) is 8.66. The molecule has 152 valence electrons. The molecule has 0 saturated heterocycles. The van der Waals surface area contributed by atoms with Crippen molar-refractivity contribution in [3.8, 4) is 21.8 Å². The van der Waals surface area contributed by atoms with Gasteiger partial charge < -0.3 is 10.6 Å². The number of nitrogens with two attached hydrogens (primary N) is 1. The van der Waals surface area contributed by atoms with Crippen molar-refractivity contribution in [2.24, 2.45) is 0 Å². The van der Waals surface area contributed by atoms with E-state index in [-0.39, 0.29) is 12.1 Å². The van der Waals surface area contributed by atoms with Crippen LogP contribution in [0.5, 0.6) is 0 Å². The molecule has 2 amide bonds. The van der Waals surface area contributed by atoms with Crippen LogP contribution in [0.4, 0.5) is 15.7 Å². The summed E-state index contributed by atoms with van der Waals surface area (Å²) in [5.41, 5.74) is 11.0. The third kappa shape index (κ3) is 3.57. The molecule has 3 heterocycles. The van der Waals surface area contributed by atoms with Crippen molar-refractivity contribution < 1.29 is 4.79 Å². The predicted octanol–water partition coefficient (Wildman–Crippen LogP) is 3.81. The van der Waals surface area contributed by atoms with Crippen LogP contribution in [0.25, 0.3) is 21.8 Å². The molecule has 0 atom stereocenters. The first-order valence-corrected chi connectivity index (χ1v) is 10.5. The molecule has 3 aromatic rings. The van der Waals surface area contributed by atoms with E-state index in [1.54, 1.807) is 26.4 Å². The number of amides is 2. The standard InChI is InChI=1S/C20H25N7OS/c1-11(2)27-17-13(16(25-27)12-8-9-15(21)22-10-12)6-5-7-14-18(17)29-19(23-14)24-20(28)26(3)4/h8-11H,5-7H2,1-4H3,(H2,21,22)(H,23,24,28). The lowest BCUT2D eigenvalue weighted by Crippen LogP contribution is -2.27. The monoisotopic (exact) mass is 411 g/mol. The second kappa shape index (κ2) is 7.47. The smallest absolute Gasteiger partial charge is 0.323 e. The fourth-order valence-corrected chi connectivity index (χ4v) is 4.56. The maximum Gasteiger partial charge on any atom is 0.323 e. The molecule has 9 heteroatoms. The zero-order chi connectivity index (χ0) is 20.7. The summed E-state index contributed by atoms with van der Waals surface area (Å²) in [6.45, 7) is 4.25. The first kappa shape index (κ1) is 19.4. The third-order valence-corrected chi connectivity index (χ3v) is 5.95. The summed E-state index contributed by atoms with van der Waals surface area (Å²) in [5.74, 6) is 0.495. The Morgan fingerprint density at radius 1 is 1.31 bits per heavy atom. The van der Waals surface area contributed by atoms with Crippen LogP contribution >= 0.6 is 11.3 Å². The number of carbonyl (C=O) groups is 1. The molecule has 0 aromatic carbocycles. The number of nitrogen functional groups attached to an aromatic ring is 1. The van der Waals surface area contributed by atoms with E-state index in [1.165, 1.54) is 21.8 Å². The van der Waals surface area contributed by atoms with Gasteiger partial charge in [0, 0.05) is 37.5 Å². The van der Waals surface area contributed by atoms with E-state index >= 15 is 0 Å². The van der Waals surface area contributed by atoms with E-state index in [1.807, 2.05) is 6.07 Å². The fourth-order valence-electron chi connectivity index (χ4n) is 3.49. The van der Waals surface area contributed by atoms with Gasteiger partial charge in [0.2, 0.25) is 0 Å². The van der Waals surface area contributed by atoms with Crippen molar-refractivity contribution >= 4 is 28.3 Å². The summed E-state index contributed by atoms with van der Waals surface area (Å²) in [7, 11) is 3.43. The van der Waals surface area contributed by atoms with Crippen LogP contribution < -0.4 is 11.1 Å². The van der Waals surface area contributed by atoms with E-state index in [0.29, 0.717) is 10.9 Å². The molecule has 0 spiro atoms. The number of anilines is 2. The van der Waals surface area contributed by atoms with Gasteiger partial charge in [0.15, 0.2) is 5.13 Å². The number of thiazole rings is 1. The molecule has 1 aliphatic carbocycles. The Kier molecular flexibility index (Phi) is 4.99. The van der Waals surface area contributed by atoms with E-state index in [9.17, 15) is 4.79 Å². The normalized spacial score (nSPS) is 13.0. The van der Waals surface area contributed by atoms with Crippen LogP contribution in [0.1, 0.15) is 37.6 Å². The number of pyridine rings is 1. The Balaban J connectivity index is 1.85. The van der Waals surface area contributed by atoms with Gasteiger partial charge in [-0.1, -0.05) is 11.3 Å². The Bertz CT molecular complexity index is 1050. The van der Waals surface area contributed by atoms with E-state index in [2.05, 4.69) is 28.8 Å². The Morgan fingerprint density at radius 3 is 2.76 bits per heavy atom. The van der Waals surface area contributed by atoms with Crippen LogP contribution in [0, 0.1) is 0 Å². The Morgan fingerprint density at radius 2 is 2.10 bits per heavy atom. The van der Waals surface area contributed by atoms with Crippen LogP contribution in [-0.4, -0.2) is 44.8 Å². The largest absolute Gasteiger partial charge is 0.384 e. The van der Waals surface area contributed by atoms with Gasteiger partial charge in [-0.25, -0.2) is 14.8 Å². The summed E-state index contributed by atoms with van der Waals surface area (Å²) in [4.78, 5) is 23.6. The predicted molar refractivity (Wildman–Crippen MR) is 116 cm³/mol. The summed E-state index contributed by atoms with van der Waals surface area (Å²) in [6.07, 6.45) is 4.55. The zero-order valence-electron chi connectivity index (χ0n) is 17.1. The number of nitrogens with zero attached hydrogens (tertiary/aromatic N) is 5. The summed E-state index contributed by atoms with van der Waals surface area (Å²) in [5, 5.41) is 8.45. The maximum atomic E-state index is 12.1. The quantitative estimate of drug-likeness (QED) is 0.682. The number of hydrogen-bond donors (Lipinski definition) is 2. The van der Waals surface area contributed by atoms with Gasteiger partial charge in [-0.2, -0.15) is 5.10 Å². The highest BCUT2D eigenvalue weighted by atomic mass is 32.1. The lowest BCUT2D eigenvalue weighted by molar-refractivity contribution is 0.230. The first-order chi connectivity index (χ1) is 13.8. The Hall–Kier alpha value is -2.94. The average molecular weight is 412 g/mol. The highest BCUT2D eigenvalue weighted by molar-refractivity contribution is 7.19. The summed E-state index contributed by atoms with van der Waals surface area (Å²) < 4.78 is 2.07. The minimum atomic E-state index is -0.180. The average Bonchev–Trinajstić information content (AvgIpc) is 3.19. The van der Waals surface area contributed by atoms with Gasteiger partial charge in [0.05, 0.1) is 22.0 Å². The number of aromatic nitrogens is 4. The summed E-state index contributed by atoms with van der Waals surface area (Å²) in [6, 6.07) is 3.78. The molecule has 3 N–H and O–H groups in total. The molecule has 29 heavy (non-hydrogen) atoms. The molecule has 0 radical (unpaired) electrons. The molecular weight excluding hydrogens is 386 g/mol. The topological polar surface area (TPSA) is 102 Å². The molecule has 0 saturated carbocycles. The number of carbonyl (C=O) groups excluding carboxylic acids is 1. The zero-order valence-corrected chi connectivity index (χ0v) is 17.9. The molecule has 1 aliphatic rings. The minimum absolute atomic E-state index is 0.180. The fraction of sp³-hybridized carbons (Fsp3) is 0.400.